The van der Waals surface area contributed by atoms with Gasteiger partial charge in [0, 0.05) is 5.69 Å². The average Bonchev–Trinajstić information content (AvgIpc) is 2.26. The molecule has 0 unspecified atom stereocenters. The molecule has 0 aromatic carbocycles. The van der Waals surface area contributed by atoms with E-state index in [0.717, 1.165) is 5.69 Å². The third-order valence-corrected chi connectivity index (χ3v) is 1.51. The molecule has 2 nitrogen and oxygen atoms in total. The van der Waals surface area contributed by atoms with E-state index in [2.05, 4.69) is 23.0 Å². The highest BCUT2D eigenvalue weighted by Gasteiger charge is 1.96. The van der Waals surface area contributed by atoms with Crippen molar-refractivity contribution in [3.63, 3.8) is 0 Å². The topological polar surface area (TPSA) is 17.8 Å². The highest BCUT2D eigenvalue weighted by molar-refractivity contribution is 5.08. The molecule has 1 rings (SSSR count). The Kier molecular flexibility index (Phi) is 2.32. The lowest BCUT2D eigenvalue weighted by atomic mass is 10.4. The number of nitrogens with zero attached hydrogens (tertiary/aromatic N) is 2. The minimum atomic E-state index is 0.705. The van der Waals surface area contributed by atoms with Crippen LogP contribution in [0.2, 0.25) is 0 Å². The summed E-state index contributed by atoms with van der Waals surface area (Å²) in [7, 11) is 0. The van der Waals surface area contributed by atoms with Crippen molar-refractivity contribution in [1.82, 2.24) is 9.78 Å². The fraction of sp³-hybridized carbons (Fsp3) is 0.444. The van der Waals surface area contributed by atoms with Crippen LogP contribution in [0.1, 0.15) is 18.3 Å². The predicted molar refractivity (Wildman–Crippen MR) is 45.2 cm³/mol. The number of hydrogen-bond donors (Lipinski definition) is 0. The lowest BCUT2D eigenvalue weighted by Crippen LogP contribution is -1.99. The van der Waals surface area contributed by atoms with Gasteiger partial charge in [-0.25, -0.2) is 0 Å². The zero-order valence-corrected chi connectivity index (χ0v) is 7.18. The highest BCUT2D eigenvalue weighted by atomic mass is 15.3. The highest BCUT2D eigenvalue weighted by Crippen LogP contribution is 2.00. The van der Waals surface area contributed by atoms with Gasteiger partial charge in [-0.05, 0) is 26.8 Å². The van der Waals surface area contributed by atoms with Gasteiger partial charge in [-0.3, -0.25) is 4.68 Å². The van der Waals surface area contributed by atoms with Crippen molar-refractivity contribution in [2.75, 3.05) is 0 Å². The summed E-state index contributed by atoms with van der Waals surface area (Å²) in [5.41, 5.74) is 2.23. The Hall–Kier alpha value is -1.23. The van der Waals surface area contributed by atoms with Crippen LogP contribution in [0.3, 0.4) is 0 Å². The number of aryl methyl sites for hydroxylation is 2. The molecule has 0 bridgehead atoms. The summed E-state index contributed by atoms with van der Waals surface area (Å²) in [5, 5.41) is 4.26. The van der Waals surface area contributed by atoms with E-state index >= 15 is 0 Å². The fourth-order valence-corrected chi connectivity index (χ4v) is 0.989. The summed E-state index contributed by atoms with van der Waals surface area (Å²) in [4.78, 5) is 0. The van der Waals surface area contributed by atoms with E-state index in [1.165, 1.54) is 5.69 Å². The molecular weight excluding hydrogens is 136 g/mol. The van der Waals surface area contributed by atoms with Crippen LogP contribution in [-0.2, 0) is 6.54 Å². The minimum Gasteiger partial charge on any atom is -0.258 e. The molecule has 0 spiro atoms. The monoisotopic (exact) mass is 148 g/mol. The Balaban J connectivity index is 2.82. The number of aromatic nitrogens is 2. The summed E-state index contributed by atoms with van der Waals surface area (Å²) in [5.74, 6) is 5.81. The molecule has 0 aliphatic heterocycles. The van der Waals surface area contributed by atoms with Crippen LogP contribution in [0.25, 0.3) is 0 Å². The van der Waals surface area contributed by atoms with E-state index in [4.69, 9.17) is 0 Å². The first-order chi connectivity index (χ1) is 5.24. The van der Waals surface area contributed by atoms with Crippen LogP contribution in [0.15, 0.2) is 6.07 Å². The maximum atomic E-state index is 4.26. The van der Waals surface area contributed by atoms with Gasteiger partial charge in [0.1, 0.15) is 6.54 Å². The van der Waals surface area contributed by atoms with Crippen LogP contribution in [0.5, 0.6) is 0 Å². The van der Waals surface area contributed by atoms with E-state index in [1.807, 2.05) is 25.5 Å². The molecule has 0 fully saturated rings. The largest absolute Gasteiger partial charge is 0.258 e. The third-order valence-electron chi connectivity index (χ3n) is 1.51. The summed E-state index contributed by atoms with van der Waals surface area (Å²) < 4.78 is 1.91. The molecule has 0 aliphatic rings. The molecule has 58 valence electrons. The van der Waals surface area contributed by atoms with Crippen LogP contribution >= 0.6 is 0 Å². The van der Waals surface area contributed by atoms with E-state index in [9.17, 15) is 0 Å². The van der Waals surface area contributed by atoms with E-state index in [0.29, 0.717) is 6.54 Å². The molecule has 0 aliphatic carbocycles. The summed E-state index contributed by atoms with van der Waals surface area (Å²) >= 11 is 0. The maximum absolute atomic E-state index is 4.26. The van der Waals surface area contributed by atoms with Crippen molar-refractivity contribution in [3.8, 4) is 11.8 Å². The molecule has 0 saturated heterocycles. The second kappa shape index (κ2) is 3.25. The van der Waals surface area contributed by atoms with Crippen LogP contribution in [0, 0.1) is 25.7 Å². The first-order valence-corrected chi connectivity index (χ1v) is 3.64. The lowest BCUT2D eigenvalue weighted by molar-refractivity contribution is 0.684. The summed E-state index contributed by atoms with van der Waals surface area (Å²) in [6.45, 7) is 6.57. The molecule has 1 aromatic heterocycles. The first-order valence-electron chi connectivity index (χ1n) is 3.64. The normalized spacial score (nSPS) is 9.00. The predicted octanol–water partition coefficient (Wildman–Crippen LogP) is 1.52. The molecule has 1 heterocycles. The summed E-state index contributed by atoms with van der Waals surface area (Å²) in [6, 6.07) is 2.05. The van der Waals surface area contributed by atoms with Crippen molar-refractivity contribution in [2.24, 2.45) is 0 Å². The Morgan fingerprint density at radius 1 is 1.55 bits per heavy atom. The maximum Gasteiger partial charge on any atom is 0.102 e. The van der Waals surface area contributed by atoms with Gasteiger partial charge in [0.25, 0.3) is 0 Å². The van der Waals surface area contributed by atoms with Gasteiger partial charge < -0.3 is 0 Å². The quantitative estimate of drug-likeness (QED) is 0.552. The number of rotatable bonds is 1. The lowest BCUT2D eigenvalue weighted by Gasteiger charge is -1.95. The Labute approximate surface area is 67.2 Å². The minimum absolute atomic E-state index is 0.705. The van der Waals surface area contributed by atoms with E-state index in [1.54, 1.807) is 0 Å². The average molecular weight is 148 g/mol. The molecule has 0 saturated carbocycles. The van der Waals surface area contributed by atoms with Gasteiger partial charge in [-0.2, -0.15) is 5.10 Å². The number of hydrogen-bond acceptors (Lipinski definition) is 1. The van der Waals surface area contributed by atoms with Crippen molar-refractivity contribution in [1.29, 1.82) is 0 Å². The molecule has 1 aromatic rings. The van der Waals surface area contributed by atoms with Crippen LogP contribution in [-0.4, -0.2) is 9.78 Å². The van der Waals surface area contributed by atoms with Gasteiger partial charge in [0.15, 0.2) is 0 Å². The van der Waals surface area contributed by atoms with Gasteiger partial charge in [0.2, 0.25) is 0 Å². The van der Waals surface area contributed by atoms with E-state index < -0.39 is 0 Å². The summed E-state index contributed by atoms with van der Waals surface area (Å²) in [6.07, 6.45) is 0. The first kappa shape index (κ1) is 7.87. The Morgan fingerprint density at radius 2 is 2.27 bits per heavy atom. The van der Waals surface area contributed by atoms with Gasteiger partial charge >= 0.3 is 0 Å². The molecular formula is C9H12N2. The Morgan fingerprint density at radius 3 is 2.73 bits per heavy atom. The van der Waals surface area contributed by atoms with Gasteiger partial charge in [-0.1, -0.05) is 5.92 Å². The Bertz CT molecular complexity index is 299. The second-order valence-corrected chi connectivity index (χ2v) is 2.51. The fourth-order valence-electron chi connectivity index (χ4n) is 0.989. The van der Waals surface area contributed by atoms with Crippen molar-refractivity contribution < 1.29 is 0 Å². The molecule has 11 heavy (non-hydrogen) atoms. The molecule has 0 amide bonds. The smallest absolute Gasteiger partial charge is 0.102 e. The van der Waals surface area contributed by atoms with E-state index in [-0.39, 0.29) is 0 Å². The van der Waals surface area contributed by atoms with Crippen molar-refractivity contribution in [3.05, 3.63) is 17.5 Å². The van der Waals surface area contributed by atoms with Gasteiger partial charge in [0.05, 0.1) is 5.69 Å². The van der Waals surface area contributed by atoms with Crippen LogP contribution in [0.4, 0.5) is 0 Å². The molecule has 0 N–H and O–H groups in total. The molecule has 0 radical (unpaired) electrons. The second-order valence-electron chi connectivity index (χ2n) is 2.51. The van der Waals surface area contributed by atoms with Crippen molar-refractivity contribution in [2.45, 2.75) is 27.3 Å². The van der Waals surface area contributed by atoms with Gasteiger partial charge in [-0.15, -0.1) is 5.92 Å². The molecule has 0 atom stereocenters. The SMILES string of the molecule is CC#CCn1nc(C)cc1C. The zero-order valence-electron chi connectivity index (χ0n) is 7.18. The molecule has 2 heteroatoms. The van der Waals surface area contributed by atoms with Crippen molar-refractivity contribution >= 4 is 0 Å². The third kappa shape index (κ3) is 1.84. The van der Waals surface area contributed by atoms with Crippen LogP contribution < -0.4 is 0 Å². The standard InChI is InChI=1S/C9H12N2/c1-4-5-6-11-9(3)7-8(2)10-11/h7H,6H2,1-3H3. The zero-order chi connectivity index (χ0) is 8.27.